The normalized spacial score (nSPS) is 14.1. The summed E-state index contributed by atoms with van der Waals surface area (Å²) in [5, 5.41) is 8.07. The first kappa shape index (κ1) is 32.9. The second-order valence-corrected chi connectivity index (χ2v) is 14.5. The predicted molar refractivity (Wildman–Crippen MR) is 173 cm³/mol. The molecule has 3 aromatic heterocycles. The Balaban J connectivity index is 1.57. The molecule has 0 fully saturated rings. The van der Waals surface area contributed by atoms with Crippen molar-refractivity contribution in [3.05, 3.63) is 73.9 Å². The van der Waals surface area contributed by atoms with Crippen molar-refractivity contribution in [2.24, 2.45) is 0 Å². The fraction of sp³-hybridized carbons (Fsp3) is 0.387. The van der Waals surface area contributed by atoms with Crippen LogP contribution >= 0.6 is 11.6 Å². The van der Waals surface area contributed by atoms with Gasteiger partial charge in [0.1, 0.15) is 22.1 Å². The average Bonchev–Trinajstić information content (AvgIpc) is 3.37. The third-order valence-electron chi connectivity index (χ3n) is 7.35. The molecule has 1 aliphatic rings. The highest BCUT2D eigenvalue weighted by Gasteiger charge is 2.30. The summed E-state index contributed by atoms with van der Waals surface area (Å²) >= 11 is 6.03. The summed E-state index contributed by atoms with van der Waals surface area (Å²) in [6.45, 7) is 11.8. The molecular formula is C31H35ClN6O7S. The molecule has 244 valence electrons. The molecule has 4 heterocycles. The van der Waals surface area contributed by atoms with Crippen molar-refractivity contribution in [1.82, 2.24) is 24.4 Å². The Kier molecular flexibility index (Phi) is 8.64. The molecule has 5 rings (SSSR count). The van der Waals surface area contributed by atoms with Crippen LogP contribution in [0.3, 0.4) is 0 Å². The minimum atomic E-state index is -3.87. The number of hydrogen-bond donors (Lipinski definition) is 2. The van der Waals surface area contributed by atoms with E-state index in [2.05, 4.69) is 15.4 Å². The van der Waals surface area contributed by atoms with E-state index in [9.17, 15) is 22.8 Å². The van der Waals surface area contributed by atoms with Gasteiger partial charge in [-0.05, 0) is 65.3 Å². The monoisotopic (exact) mass is 670 g/mol. The summed E-state index contributed by atoms with van der Waals surface area (Å²) in [7, 11) is -3.87. The maximum absolute atomic E-state index is 13.8. The number of carbonyl (C=O) groups excluding carboxylic acids is 2. The Hall–Kier alpha value is -4.43. The van der Waals surface area contributed by atoms with Gasteiger partial charge in [0, 0.05) is 17.7 Å². The van der Waals surface area contributed by atoms with Gasteiger partial charge in [-0.3, -0.25) is 14.3 Å². The summed E-state index contributed by atoms with van der Waals surface area (Å²) in [4.78, 5) is 45.1. The third kappa shape index (κ3) is 6.87. The van der Waals surface area contributed by atoms with Crippen LogP contribution in [0.4, 0.5) is 10.5 Å². The molecule has 1 atom stereocenters. The maximum atomic E-state index is 13.8. The van der Waals surface area contributed by atoms with E-state index in [1.54, 1.807) is 56.5 Å². The average molecular weight is 671 g/mol. The van der Waals surface area contributed by atoms with Crippen LogP contribution in [-0.4, -0.2) is 58.5 Å². The predicted octanol–water partition coefficient (Wildman–Crippen LogP) is 4.93. The van der Waals surface area contributed by atoms with Crippen molar-refractivity contribution in [2.75, 3.05) is 18.1 Å². The van der Waals surface area contributed by atoms with Gasteiger partial charge in [-0.2, -0.15) is 5.10 Å². The van der Waals surface area contributed by atoms with Crippen LogP contribution in [0.1, 0.15) is 66.6 Å². The molecule has 0 unspecified atom stereocenters. The zero-order chi connectivity index (χ0) is 33.7. The number of amides is 2. The highest BCUT2D eigenvalue weighted by Crippen LogP contribution is 2.35. The van der Waals surface area contributed by atoms with E-state index in [4.69, 9.17) is 20.8 Å². The number of sulfonamides is 1. The van der Waals surface area contributed by atoms with Gasteiger partial charge >= 0.3 is 6.09 Å². The summed E-state index contributed by atoms with van der Waals surface area (Å²) in [5.41, 5.74) is 2.51. The number of rotatable bonds is 6. The number of carbonyl (C=O) groups is 2. The number of ether oxygens (including phenoxy) is 1. The molecule has 0 spiro atoms. The Morgan fingerprint density at radius 1 is 1.15 bits per heavy atom. The van der Waals surface area contributed by atoms with Crippen LogP contribution in [0.2, 0.25) is 5.15 Å². The third-order valence-corrected chi connectivity index (χ3v) is 8.12. The molecule has 2 N–H and O–H groups in total. The molecule has 4 aromatic rings. The first-order valence-corrected chi connectivity index (χ1v) is 16.7. The van der Waals surface area contributed by atoms with Crippen molar-refractivity contribution in [1.29, 1.82) is 0 Å². The number of fused-ring (bicyclic) bond motifs is 2. The Labute approximate surface area is 270 Å². The van der Waals surface area contributed by atoms with Crippen LogP contribution < -0.4 is 15.5 Å². The van der Waals surface area contributed by atoms with Crippen LogP contribution in [0, 0.1) is 13.8 Å². The van der Waals surface area contributed by atoms with E-state index in [-0.39, 0.29) is 28.5 Å². The zero-order valence-corrected chi connectivity index (χ0v) is 28.1. The first-order chi connectivity index (χ1) is 21.4. The van der Waals surface area contributed by atoms with Crippen molar-refractivity contribution in [2.45, 2.75) is 66.3 Å². The maximum Gasteiger partial charge on any atom is 0.410 e. The fourth-order valence-corrected chi connectivity index (χ4v) is 5.90. The van der Waals surface area contributed by atoms with E-state index >= 15 is 0 Å². The number of aromatic nitrogens is 3. The summed E-state index contributed by atoms with van der Waals surface area (Å²) in [6, 6.07) is 6.04. The second-order valence-electron chi connectivity index (χ2n) is 12.3. The number of benzene rings is 1. The van der Waals surface area contributed by atoms with Crippen LogP contribution in [-0.2, 0) is 27.8 Å². The molecule has 1 aromatic carbocycles. The van der Waals surface area contributed by atoms with Crippen molar-refractivity contribution < 1.29 is 27.2 Å². The largest absolute Gasteiger partial charge is 0.455 e. The van der Waals surface area contributed by atoms with E-state index in [0.717, 1.165) is 11.8 Å². The molecule has 0 bridgehead atoms. The van der Waals surface area contributed by atoms with E-state index in [1.807, 2.05) is 17.7 Å². The quantitative estimate of drug-likeness (QED) is 0.269. The first-order valence-electron chi connectivity index (χ1n) is 14.5. The minimum Gasteiger partial charge on any atom is -0.455 e. The Morgan fingerprint density at radius 2 is 1.87 bits per heavy atom. The number of nitrogens with zero attached hydrogens (tertiary/aromatic N) is 4. The number of anilines is 1. The van der Waals surface area contributed by atoms with Gasteiger partial charge in [-0.1, -0.05) is 17.7 Å². The van der Waals surface area contributed by atoms with E-state index in [0.29, 0.717) is 52.2 Å². The summed E-state index contributed by atoms with van der Waals surface area (Å²) < 4.78 is 39.3. The molecule has 2 amide bonds. The Bertz CT molecular complexity index is 2050. The zero-order valence-electron chi connectivity index (χ0n) is 26.5. The van der Waals surface area contributed by atoms with Crippen molar-refractivity contribution in [3.63, 3.8) is 0 Å². The number of nitrogens with one attached hydrogen (secondary N) is 2. The topological polar surface area (TPSA) is 166 Å². The Morgan fingerprint density at radius 3 is 2.54 bits per heavy atom. The number of pyridine rings is 1. The molecule has 0 radical (unpaired) electrons. The molecule has 0 aliphatic carbocycles. The molecule has 0 saturated heterocycles. The fourth-order valence-electron chi connectivity index (χ4n) is 5.32. The van der Waals surface area contributed by atoms with Gasteiger partial charge in [0.05, 0.1) is 53.9 Å². The van der Waals surface area contributed by atoms with Gasteiger partial charge in [0.25, 0.3) is 5.91 Å². The van der Waals surface area contributed by atoms with Crippen LogP contribution in [0.5, 0.6) is 0 Å². The lowest BCUT2D eigenvalue weighted by Gasteiger charge is -2.30. The lowest BCUT2D eigenvalue weighted by Crippen LogP contribution is -2.41. The SMILES string of the molecule is Cc1cc([C@@H](C)Nc2ccc(Cl)nc2C(=O)NS(C)(=O)=O)c2oc(-c3cnn4c3CN(C(=O)OC(C)(C)C)CC4)c(C)c(=O)c2c1. The molecular weight excluding hydrogens is 636 g/mol. The molecule has 46 heavy (non-hydrogen) atoms. The highest BCUT2D eigenvalue weighted by molar-refractivity contribution is 7.89. The standard InChI is InChI=1S/C31H35ClN6O7S/c1-16-12-19(18(3)34-22-8-9-24(32)35-25(22)29(40)36-46(7,42)43)28-20(13-16)26(39)17(2)27(44-28)21-14-33-38-11-10-37(15-23(21)38)30(41)45-31(4,5)6/h8-9,12-14,18,34H,10-11,15H2,1-7H3,(H,36,40)/t18-/m1/s1. The minimum absolute atomic E-state index is 0.00119. The number of aryl methyl sites for hydroxylation is 1. The molecule has 13 nitrogen and oxygen atoms in total. The van der Waals surface area contributed by atoms with Gasteiger partial charge in [-0.15, -0.1) is 0 Å². The molecule has 0 saturated carbocycles. The lowest BCUT2D eigenvalue weighted by molar-refractivity contribution is 0.0194. The van der Waals surface area contributed by atoms with Gasteiger partial charge in [-0.25, -0.2) is 22.9 Å². The summed E-state index contributed by atoms with van der Waals surface area (Å²) in [6.07, 6.45) is 2.05. The van der Waals surface area contributed by atoms with Crippen LogP contribution in [0.25, 0.3) is 22.3 Å². The number of hydrogen-bond acceptors (Lipinski definition) is 10. The van der Waals surface area contributed by atoms with Crippen molar-refractivity contribution in [3.8, 4) is 11.3 Å². The van der Waals surface area contributed by atoms with Crippen LogP contribution in [0.15, 0.2) is 39.7 Å². The number of halogens is 1. The molecule has 15 heteroatoms. The van der Waals surface area contributed by atoms with Gasteiger partial charge < -0.3 is 19.4 Å². The van der Waals surface area contributed by atoms with E-state index in [1.165, 1.54) is 12.1 Å². The van der Waals surface area contributed by atoms with E-state index < -0.39 is 33.7 Å². The van der Waals surface area contributed by atoms with Crippen molar-refractivity contribution >= 4 is 50.3 Å². The lowest BCUT2D eigenvalue weighted by atomic mass is 9.98. The summed E-state index contributed by atoms with van der Waals surface area (Å²) in [5.74, 6) is -0.631. The van der Waals surface area contributed by atoms with Gasteiger partial charge in [0.15, 0.2) is 11.1 Å². The van der Waals surface area contributed by atoms with Gasteiger partial charge in [0.2, 0.25) is 10.0 Å². The smallest absolute Gasteiger partial charge is 0.410 e. The second kappa shape index (κ2) is 12.1. The molecule has 1 aliphatic heterocycles. The highest BCUT2D eigenvalue weighted by atomic mass is 35.5.